The van der Waals surface area contributed by atoms with Crippen LogP contribution in [0, 0.1) is 11.8 Å². The number of anilines is 1. The number of benzene rings is 2. The first-order valence-electron chi connectivity index (χ1n) is 9.69. The van der Waals surface area contributed by atoms with E-state index in [0.29, 0.717) is 18.7 Å². The lowest BCUT2D eigenvalue weighted by Crippen LogP contribution is -2.26. The highest BCUT2D eigenvalue weighted by molar-refractivity contribution is 6.02. The largest absolute Gasteiger partial charge is 0.465 e. The van der Waals surface area contributed by atoms with Crippen LogP contribution in [0.25, 0.3) is 0 Å². The summed E-state index contributed by atoms with van der Waals surface area (Å²) in [6, 6.07) is 15.5. The monoisotopic (exact) mass is 377 g/mol. The summed E-state index contributed by atoms with van der Waals surface area (Å²) in [5.74, 6) is 7.97. The minimum Gasteiger partial charge on any atom is -0.465 e. The number of aliphatic imine (C=N–C) groups is 1. The first-order valence-corrected chi connectivity index (χ1v) is 9.69. The molecule has 0 radical (unpaired) electrons. The topological polar surface area (TPSA) is 68.9 Å². The zero-order valence-corrected chi connectivity index (χ0v) is 16.3. The highest BCUT2D eigenvalue weighted by Gasteiger charge is 2.14. The molecule has 1 unspecified atom stereocenters. The second kappa shape index (κ2) is 10.4. The molecule has 1 aliphatic rings. The van der Waals surface area contributed by atoms with Crippen molar-refractivity contribution in [2.75, 3.05) is 25.9 Å². The molecule has 1 saturated heterocycles. The Hall–Kier alpha value is -2.97. The van der Waals surface area contributed by atoms with Crippen LogP contribution in [0.4, 0.5) is 5.69 Å². The third-order valence-electron chi connectivity index (χ3n) is 4.47. The maximum Gasteiger partial charge on any atom is 0.199 e. The Kier molecular flexibility index (Phi) is 7.34. The molecule has 5 nitrogen and oxygen atoms in total. The number of rotatable bonds is 5. The van der Waals surface area contributed by atoms with E-state index in [1.807, 2.05) is 48.5 Å². The lowest BCUT2D eigenvalue weighted by atomic mass is 10.1. The molecule has 1 atom stereocenters. The zero-order chi connectivity index (χ0) is 19.6. The number of ether oxygens (including phenoxy) is 2. The molecule has 0 aliphatic carbocycles. The van der Waals surface area contributed by atoms with Crippen LogP contribution in [0.1, 0.15) is 36.8 Å². The number of amidine groups is 1. The zero-order valence-electron chi connectivity index (χ0n) is 16.3. The van der Waals surface area contributed by atoms with Crippen molar-refractivity contribution in [2.45, 2.75) is 32.0 Å². The van der Waals surface area contributed by atoms with E-state index in [1.165, 1.54) is 0 Å². The van der Waals surface area contributed by atoms with Gasteiger partial charge in [-0.05, 0) is 49.2 Å². The molecule has 146 valence electrons. The first-order chi connectivity index (χ1) is 13.8. The normalized spacial score (nSPS) is 16.8. The SMILES string of the molecule is CN=C(NCCC#Cc1ccc(OC2CCCCO2)cc1)c1ccccc1N. The Morgan fingerprint density at radius 2 is 2.04 bits per heavy atom. The highest BCUT2D eigenvalue weighted by atomic mass is 16.7. The second-order valence-electron chi connectivity index (χ2n) is 6.58. The minimum atomic E-state index is -0.121. The summed E-state index contributed by atoms with van der Waals surface area (Å²) in [7, 11) is 1.75. The van der Waals surface area contributed by atoms with E-state index in [9.17, 15) is 0 Å². The number of nitrogens with two attached hydrogens (primary N) is 1. The Morgan fingerprint density at radius 1 is 1.21 bits per heavy atom. The second-order valence-corrected chi connectivity index (χ2v) is 6.58. The number of hydrogen-bond acceptors (Lipinski definition) is 4. The van der Waals surface area contributed by atoms with Gasteiger partial charge >= 0.3 is 0 Å². The molecule has 5 heteroatoms. The number of para-hydroxylation sites is 1. The summed E-state index contributed by atoms with van der Waals surface area (Å²) in [5, 5.41) is 3.30. The van der Waals surface area contributed by atoms with Crippen LogP contribution in [-0.4, -0.2) is 32.3 Å². The van der Waals surface area contributed by atoms with Crippen LogP contribution in [0.15, 0.2) is 53.5 Å². The molecule has 1 fully saturated rings. The number of nitrogens with zero attached hydrogens (tertiary/aromatic N) is 1. The van der Waals surface area contributed by atoms with Gasteiger partial charge in [-0.25, -0.2) is 0 Å². The molecule has 0 bridgehead atoms. The van der Waals surface area contributed by atoms with Gasteiger partial charge in [0.1, 0.15) is 11.6 Å². The van der Waals surface area contributed by atoms with Crippen LogP contribution >= 0.6 is 0 Å². The van der Waals surface area contributed by atoms with Crippen molar-refractivity contribution in [3.05, 3.63) is 59.7 Å². The van der Waals surface area contributed by atoms with E-state index >= 15 is 0 Å². The van der Waals surface area contributed by atoms with Crippen molar-refractivity contribution < 1.29 is 9.47 Å². The summed E-state index contributed by atoms with van der Waals surface area (Å²) >= 11 is 0. The Bertz CT molecular complexity index is 844. The van der Waals surface area contributed by atoms with Crippen LogP contribution in [-0.2, 0) is 4.74 Å². The number of hydrogen-bond donors (Lipinski definition) is 2. The van der Waals surface area contributed by atoms with E-state index in [1.54, 1.807) is 7.05 Å². The fraction of sp³-hybridized carbons (Fsp3) is 0.348. The van der Waals surface area contributed by atoms with Crippen molar-refractivity contribution in [1.82, 2.24) is 5.32 Å². The molecule has 3 N–H and O–H groups in total. The van der Waals surface area contributed by atoms with Crippen LogP contribution in [0.5, 0.6) is 5.75 Å². The van der Waals surface area contributed by atoms with Gasteiger partial charge in [-0.2, -0.15) is 0 Å². The lowest BCUT2D eigenvalue weighted by molar-refractivity contribution is -0.105. The fourth-order valence-corrected chi connectivity index (χ4v) is 2.99. The molecule has 1 aliphatic heterocycles. The molecule has 0 amide bonds. The van der Waals surface area contributed by atoms with Crippen molar-refractivity contribution >= 4 is 11.5 Å². The Labute approximate surface area is 167 Å². The van der Waals surface area contributed by atoms with E-state index in [-0.39, 0.29) is 6.29 Å². The molecule has 2 aromatic carbocycles. The van der Waals surface area contributed by atoms with Gasteiger partial charge in [0.25, 0.3) is 0 Å². The quantitative estimate of drug-likeness (QED) is 0.275. The average Bonchev–Trinajstić information content (AvgIpc) is 2.73. The smallest absolute Gasteiger partial charge is 0.199 e. The molecule has 0 saturated carbocycles. The van der Waals surface area contributed by atoms with Gasteiger partial charge in [-0.15, -0.1) is 0 Å². The van der Waals surface area contributed by atoms with E-state index in [4.69, 9.17) is 15.2 Å². The van der Waals surface area contributed by atoms with Crippen LogP contribution < -0.4 is 15.8 Å². The van der Waals surface area contributed by atoms with Crippen molar-refractivity contribution in [3.63, 3.8) is 0 Å². The van der Waals surface area contributed by atoms with E-state index in [0.717, 1.165) is 48.6 Å². The summed E-state index contributed by atoms with van der Waals surface area (Å²) in [4.78, 5) is 4.29. The van der Waals surface area contributed by atoms with Gasteiger partial charge in [-0.3, -0.25) is 4.99 Å². The van der Waals surface area contributed by atoms with Crippen LogP contribution in [0.3, 0.4) is 0 Å². The predicted octanol–water partition coefficient (Wildman–Crippen LogP) is 3.58. The number of nitrogen functional groups attached to an aromatic ring is 1. The molecule has 1 heterocycles. The molecular weight excluding hydrogens is 350 g/mol. The minimum absolute atomic E-state index is 0.121. The standard InChI is InChI=1S/C23H27N3O2/c1-25-23(20-9-2-3-10-21(20)24)26-16-6-4-8-18-12-14-19(15-13-18)28-22-11-5-7-17-27-22/h2-3,9-10,12-15,22H,5-7,11,16-17,24H2,1H3,(H,25,26). The third-order valence-corrected chi connectivity index (χ3v) is 4.47. The molecule has 28 heavy (non-hydrogen) atoms. The molecule has 2 aromatic rings. The third kappa shape index (κ3) is 5.77. The Balaban J connectivity index is 1.46. The van der Waals surface area contributed by atoms with Crippen molar-refractivity contribution in [1.29, 1.82) is 0 Å². The van der Waals surface area contributed by atoms with Crippen LogP contribution in [0.2, 0.25) is 0 Å². The first kappa shape index (κ1) is 19.8. The van der Waals surface area contributed by atoms with Gasteiger partial charge in [-0.1, -0.05) is 24.0 Å². The summed E-state index contributed by atoms with van der Waals surface area (Å²) in [6.07, 6.45) is 3.81. The highest BCUT2D eigenvalue weighted by Crippen LogP contribution is 2.19. The molecule has 0 aromatic heterocycles. The van der Waals surface area contributed by atoms with Gasteiger partial charge in [0.2, 0.25) is 0 Å². The molecular formula is C23H27N3O2. The molecule has 0 spiro atoms. The maximum atomic E-state index is 6.01. The van der Waals surface area contributed by atoms with Gasteiger partial charge < -0.3 is 20.5 Å². The van der Waals surface area contributed by atoms with Gasteiger partial charge in [0.05, 0.1) is 6.61 Å². The number of nitrogens with one attached hydrogen (secondary N) is 1. The van der Waals surface area contributed by atoms with Crippen molar-refractivity contribution in [2.24, 2.45) is 4.99 Å². The van der Waals surface area contributed by atoms with Gasteiger partial charge in [0, 0.05) is 43.2 Å². The summed E-state index contributed by atoms with van der Waals surface area (Å²) in [5.41, 5.74) is 8.60. The lowest BCUT2D eigenvalue weighted by Gasteiger charge is -2.23. The van der Waals surface area contributed by atoms with Gasteiger partial charge in [0.15, 0.2) is 6.29 Å². The van der Waals surface area contributed by atoms with E-state index in [2.05, 4.69) is 22.2 Å². The molecule has 3 rings (SSSR count). The van der Waals surface area contributed by atoms with Crippen molar-refractivity contribution in [3.8, 4) is 17.6 Å². The fourth-order valence-electron chi connectivity index (χ4n) is 2.99. The summed E-state index contributed by atoms with van der Waals surface area (Å²) < 4.78 is 11.4. The Morgan fingerprint density at radius 3 is 2.75 bits per heavy atom. The maximum absolute atomic E-state index is 6.01. The van der Waals surface area contributed by atoms with E-state index < -0.39 is 0 Å². The average molecular weight is 377 g/mol. The predicted molar refractivity (Wildman–Crippen MR) is 113 cm³/mol. The summed E-state index contributed by atoms with van der Waals surface area (Å²) in [6.45, 7) is 1.48.